The van der Waals surface area contributed by atoms with Gasteiger partial charge in [0, 0.05) is 17.8 Å². The van der Waals surface area contributed by atoms with E-state index in [1.807, 2.05) is 6.07 Å². The molecule has 25 heavy (non-hydrogen) atoms. The first-order chi connectivity index (χ1) is 12.0. The number of hydrogen-bond donors (Lipinski definition) is 1. The highest BCUT2D eigenvalue weighted by molar-refractivity contribution is 6.05. The molecule has 3 rings (SSSR count). The van der Waals surface area contributed by atoms with E-state index in [0.29, 0.717) is 17.1 Å². The van der Waals surface area contributed by atoms with Gasteiger partial charge in [-0.15, -0.1) is 0 Å². The summed E-state index contributed by atoms with van der Waals surface area (Å²) in [6.45, 7) is 1.64. The highest BCUT2D eigenvalue weighted by atomic mass is 16.6. The summed E-state index contributed by atoms with van der Waals surface area (Å²) in [6.07, 6.45) is 5.83. The lowest BCUT2D eigenvalue weighted by Crippen LogP contribution is -2.15. The Labute approximate surface area is 145 Å². The molecule has 2 aromatic rings. The van der Waals surface area contributed by atoms with E-state index in [9.17, 15) is 14.9 Å². The summed E-state index contributed by atoms with van der Waals surface area (Å²) in [4.78, 5) is 26.7. The van der Waals surface area contributed by atoms with Crippen molar-refractivity contribution in [2.45, 2.75) is 38.7 Å². The fourth-order valence-electron chi connectivity index (χ4n) is 2.90. The van der Waals surface area contributed by atoms with E-state index >= 15 is 0 Å². The first-order valence-electron chi connectivity index (χ1n) is 8.22. The zero-order valence-electron chi connectivity index (χ0n) is 13.9. The Bertz CT molecular complexity index is 801. The predicted molar refractivity (Wildman–Crippen MR) is 92.9 cm³/mol. The summed E-state index contributed by atoms with van der Waals surface area (Å²) in [5.41, 5.74) is 0.971. The van der Waals surface area contributed by atoms with Crippen LogP contribution in [0.1, 0.15) is 41.7 Å². The molecule has 0 spiro atoms. The third kappa shape index (κ3) is 4.12. The van der Waals surface area contributed by atoms with Crippen LogP contribution < -0.4 is 10.1 Å². The van der Waals surface area contributed by atoms with Crippen molar-refractivity contribution in [2.75, 3.05) is 5.32 Å². The minimum atomic E-state index is -0.570. The maximum Gasteiger partial charge on any atom is 0.288 e. The number of nitrogens with one attached hydrogen (secondary N) is 1. The molecule has 1 aliphatic carbocycles. The van der Waals surface area contributed by atoms with Gasteiger partial charge in [-0.3, -0.25) is 19.9 Å². The molecule has 1 fully saturated rings. The van der Waals surface area contributed by atoms with Crippen LogP contribution in [0.3, 0.4) is 0 Å². The second-order valence-electron chi connectivity index (χ2n) is 6.09. The normalized spacial score (nSPS) is 14.3. The smallest absolute Gasteiger partial charge is 0.288 e. The fraction of sp³-hybridized carbons (Fsp3) is 0.333. The second-order valence-corrected chi connectivity index (χ2v) is 6.09. The van der Waals surface area contributed by atoms with Crippen LogP contribution in [0.4, 0.5) is 11.4 Å². The summed E-state index contributed by atoms with van der Waals surface area (Å²) in [7, 11) is 0. The predicted octanol–water partition coefficient (Wildman–Crippen LogP) is 3.87. The largest absolute Gasteiger partial charge is 0.490 e. The van der Waals surface area contributed by atoms with Crippen molar-refractivity contribution < 1.29 is 14.5 Å². The van der Waals surface area contributed by atoms with E-state index in [2.05, 4.69) is 10.3 Å². The minimum absolute atomic E-state index is 0.177. The molecule has 0 atom stereocenters. The summed E-state index contributed by atoms with van der Waals surface area (Å²) in [6, 6.07) is 8.40. The van der Waals surface area contributed by atoms with Crippen molar-refractivity contribution >= 4 is 17.3 Å². The maximum absolute atomic E-state index is 12.5. The van der Waals surface area contributed by atoms with Gasteiger partial charge in [-0.1, -0.05) is 6.07 Å². The summed E-state index contributed by atoms with van der Waals surface area (Å²) < 4.78 is 5.92. The van der Waals surface area contributed by atoms with Crippen LogP contribution in [-0.2, 0) is 0 Å². The third-order valence-electron chi connectivity index (χ3n) is 4.22. The SMILES string of the molecule is Cc1ncc([N+](=O)[O-])cc1C(=O)Nc1cccc(OC2CCCC2)c1. The van der Waals surface area contributed by atoms with E-state index in [0.717, 1.165) is 19.0 Å². The molecule has 130 valence electrons. The van der Waals surface area contributed by atoms with Crippen molar-refractivity contribution in [3.63, 3.8) is 0 Å². The van der Waals surface area contributed by atoms with Crippen molar-refractivity contribution in [1.82, 2.24) is 4.98 Å². The van der Waals surface area contributed by atoms with E-state index in [4.69, 9.17) is 4.74 Å². The Morgan fingerprint density at radius 3 is 2.80 bits per heavy atom. The number of carbonyl (C=O) groups excluding carboxylic acids is 1. The number of ether oxygens (including phenoxy) is 1. The number of nitro groups is 1. The minimum Gasteiger partial charge on any atom is -0.490 e. The molecular weight excluding hydrogens is 322 g/mol. The lowest BCUT2D eigenvalue weighted by Gasteiger charge is -2.14. The number of pyridine rings is 1. The molecule has 0 bridgehead atoms. The molecule has 0 unspecified atom stereocenters. The standard InChI is InChI=1S/C18H19N3O4/c1-12-17(10-14(11-19-12)21(23)24)18(22)20-13-5-4-8-16(9-13)25-15-6-2-3-7-15/h4-5,8-11,15H,2-3,6-7H2,1H3,(H,20,22). The highest BCUT2D eigenvalue weighted by Crippen LogP contribution is 2.26. The van der Waals surface area contributed by atoms with E-state index in [1.54, 1.807) is 25.1 Å². The Morgan fingerprint density at radius 1 is 1.32 bits per heavy atom. The second kappa shape index (κ2) is 7.29. The summed E-state index contributed by atoms with van der Waals surface area (Å²) >= 11 is 0. The first kappa shape index (κ1) is 16.9. The molecule has 1 heterocycles. The van der Waals surface area contributed by atoms with Gasteiger partial charge in [-0.05, 0) is 44.7 Å². The molecule has 1 N–H and O–H groups in total. The van der Waals surface area contributed by atoms with Crippen molar-refractivity contribution in [3.05, 3.63) is 57.9 Å². The third-order valence-corrected chi connectivity index (χ3v) is 4.22. The number of hydrogen-bond acceptors (Lipinski definition) is 5. The molecule has 0 radical (unpaired) electrons. The monoisotopic (exact) mass is 341 g/mol. The molecule has 7 heteroatoms. The number of aryl methyl sites for hydroxylation is 1. The molecule has 1 aromatic carbocycles. The Hall–Kier alpha value is -2.96. The zero-order chi connectivity index (χ0) is 17.8. The molecule has 1 aliphatic rings. The van der Waals surface area contributed by atoms with Gasteiger partial charge in [-0.25, -0.2) is 0 Å². The van der Waals surface area contributed by atoms with Crippen LogP contribution >= 0.6 is 0 Å². The van der Waals surface area contributed by atoms with Gasteiger partial charge < -0.3 is 10.1 Å². The molecule has 7 nitrogen and oxygen atoms in total. The average molecular weight is 341 g/mol. The number of aromatic nitrogens is 1. The van der Waals surface area contributed by atoms with Crippen LogP contribution in [-0.4, -0.2) is 21.9 Å². The van der Waals surface area contributed by atoms with Gasteiger partial charge in [0.15, 0.2) is 0 Å². The van der Waals surface area contributed by atoms with Gasteiger partial charge >= 0.3 is 0 Å². The first-order valence-corrected chi connectivity index (χ1v) is 8.22. The van der Waals surface area contributed by atoms with Crippen LogP contribution in [0.2, 0.25) is 0 Å². The maximum atomic E-state index is 12.5. The Balaban J connectivity index is 1.74. The highest BCUT2D eigenvalue weighted by Gasteiger charge is 2.18. The zero-order valence-corrected chi connectivity index (χ0v) is 13.9. The molecular formula is C18H19N3O4. The van der Waals surface area contributed by atoms with Crippen LogP contribution in [0, 0.1) is 17.0 Å². The van der Waals surface area contributed by atoms with Gasteiger partial charge in [-0.2, -0.15) is 0 Å². The number of rotatable bonds is 5. The van der Waals surface area contributed by atoms with Crippen molar-refractivity contribution in [3.8, 4) is 5.75 Å². The quantitative estimate of drug-likeness (QED) is 0.658. The Kier molecular flexibility index (Phi) is 4.92. The lowest BCUT2D eigenvalue weighted by atomic mass is 10.1. The van der Waals surface area contributed by atoms with Crippen LogP contribution in [0.25, 0.3) is 0 Å². The number of carbonyl (C=O) groups is 1. The fourth-order valence-corrected chi connectivity index (χ4v) is 2.90. The topological polar surface area (TPSA) is 94.4 Å². The van der Waals surface area contributed by atoms with E-state index in [-0.39, 0.29) is 17.4 Å². The molecule has 1 aromatic heterocycles. The number of amides is 1. The number of benzene rings is 1. The van der Waals surface area contributed by atoms with Crippen LogP contribution in [0.15, 0.2) is 36.5 Å². The summed E-state index contributed by atoms with van der Waals surface area (Å²) in [5, 5.41) is 13.6. The van der Waals surface area contributed by atoms with Gasteiger partial charge in [0.1, 0.15) is 11.9 Å². The molecule has 1 saturated carbocycles. The van der Waals surface area contributed by atoms with Crippen molar-refractivity contribution in [2.24, 2.45) is 0 Å². The van der Waals surface area contributed by atoms with Crippen molar-refractivity contribution in [1.29, 1.82) is 0 Å². The average Bonchev–Trinajstić information content (AvgIpc) is 3.08. The Morgan fingerprint density at radius 2 is 2.08 bits per heavy atom. The van der Waals surface area contributed by atoms with Gasteiger partial charge in [0.05, 0.1) is 22.3 Å². The van der Waals surface area contributed by atoms with Gasteiger partial charge in [0.25, 0.3) is 11.6 Å². The number of nitrogens with zero attached hydrogens (tertiary/aromatic N) is 2. The molecule has 0 aliphatic heterocycles. The summed E-state index contributed by atoms with van der Waals surface area (Å²) in [5.74, 6) is 0.269. The van der Waals surface area contributed by atoms with Crippen LogP contribution in [0.5, 0.6) is 5.75 Å². The lowest BCUT2D eigenvalue weighted by molar-refractivity contribution is -0.385. The van der Waals surface area contributed by atoms with Gasteiger partial charge in [0.2, 0.25) is 0 Å². The van der Waals surface area contributed by atoms with E-state index < -0.39 is 10.8 Å². The number of anilines is 1. The molecule has 0 saturated heterocycles. The van der Waals surface area contributed by atoms with E-state index in [1.165, 1.54) is 18.9 Å². The molecule has 1 amide bonds.